The predicted octanol–water partition coefficient (Wildman–Crippen LogP) is 1.37. The first-order chi connectivity index (χ1) is 10.8. The summed E-state index contributed by atoms with van der Waals surface area (Å²) < 4.78 is 0. The van der Waals surface area contributed by atoms with Gasteiger partial charge in [-0.1, -0.05) is 30.3 Å². The molecule has 0 unspecified atom stereocenters. The number of aromatic nitrogens is 2. The van der Waals surface area contributed by atoms with Gasteiger partial charge in [0.05, 0.1) is 31.1 Å². The first-order valence-corrected chi connectivity index (χ1v) is 7.20. The molecule has 2 atom stereocenters. The Morgan fingerprint density at radius 2 is 2.18 bits per heavy atom. The third kappa shape index (κ3) is 1.90. The van der Waals surface area contributed by atoms with Gasteiger partial charge in [0.2, 0.25) is 0 Å². The molecule has 0 radical (unpaired) electrons. The van der Waals surface area contributed by atoms with Gasteiger partial charge >= 0.3 is 6.03 Å². The van der Waals surface area contributed by atoms with Crippen LogP contribution in [0.3, 0.4) is 0 Å². The molecule has 2 aliphatic rings. The van der Waals surface area contributed by atoms with E-state index in [4.69, 9.17) is 4.84 Å². The Bertz CT molecular complexity index is 687. The van der Waals surface area contributed by atoms with Crippen LogP contribution in [0.25, 0.3) is 0 Å². The number of amides is 2. The number of nitrogens with zero attached hydrogens (tertiary/aromatic N) is 3. The summed E-state index contributed by atoms with van der Waals surface area (Å²) in [6.07, 6.45) is 1.67. The number of nitrogens with one attached hydrogen (secondary N) is 1. The van der Waals surface area contributed by atoms with E-state index in [0.29, 0.717) is 13.2 Å². The molecule has 2 aromatic rings. The molecule has 2 bridgehead atoms. The number of benzene rings is 1. The largest absolute Gasteiger partial charge is 0.394 e. The number of aromatic amines is 1. The third-order valence-electron chi connectivity index (χ3n) is 4.24. The van der Waals surface area contributed by atoms with Gasteiger partial charge in [0, 0.05) is 5.56 Å². The van der Waals surface area contributed by atoms with E-state index in [1.807, 2.05) is 30.3 Å². The summed E-state index contributed by atoms with van der Waals surface area (Å²) in [6, 6.07) is 8.91. The zero-order chi connectivity index (χ0) is 15.1. The summed E-state index contributed by atoms with van der Waals surface area (Å²) >= 11 is 0. The van der Waals surface area contributed by atoms with Crippen molar-refractivity contribution in [2.75, 3.05) is 13.2 Å². The van der Waals surface area contributed by atoms with E-state index in [1.54, 1.807) is 11.1 Å². The second-order valence-electron chi connectivity index (χ2n) is 5.47. The second-order valence-corrected chi connectivity index (χ2v) is 5.47. The molecule has 2 N–H and O–H groups in total. The number of carbonyl (C=O) groups is 1. The Morgan fingerprint density at radius 1 is 1.36 bits per heavy atom. The highest BCUT2D eigenvalue weighted by Crippen LogP contribution is 2.42. The standard InChI is InChI=1S/C15H16N4O3/c20-8-13-11-6-16-17-14(11)12-7-18(13)15(21)19(12)22-9-10-4-2-1-3-5-10/h1-6,12-13,20H,7-9H2,(H,16,17)/t12-,13+/m1/s1. The van der Waals surface area contributed by atoms with Crippen molar-refractivity contribution in [3.63, 3.8) is 0 Å². The van der Waals surface area contributed by atoms with Gasteiger partial charge in [-0.25, -0.2) is 4.79 Å². The summed E-state index contributed by atoms with van der Waals surface area (Å²) in [7, 11) is 0. The van der Waals surface area contributed by atoms with Gasteiger partial charge in [0.25, 0.3) is 0 Å². The molecule has 1 aromatic heterocycles. The Morgan fingerprint density at radius 3 is 2.95 bits per heavy atom. The highest BCUT2D eigenvalue weighted by atomic mass is 16.7. The summed E-state index contributed by atoms with van der Waals surface area (Å²) in [6.45, 7) is 0.690. The second kappa shape index (κ2) is 5.11. The zero-order valence-electron chi connectivity index (χ0n) is 11.8. The Hall–Kier alpha value is -2.38. The van der Waals surface area contributed by atoms with Crippen LogP contribution in [-0.4, -0.2) is 44.4 Å². The van der Waals surface area contributed by atoms with Crippen molar-refractivity contribution in [3.05, 3.63) is 53.3 Å². The molecule has 3 heterocycles. The fourth-order valence-electron chi connectivity index (χ4n) is 3.13. The Labute approximate surface area is 127 Å². The summed E-state index contributed by atoms with van der Waals surface area (Å²) in [4.78, 5) is 19.9. The average molecular weight is 300 g/mol. The van der Waals surface area contributed by atoms with Crippen LogP contribution in [0.4, 0.5) is 4.79 Å². The van der Waals surface area contributed by atoms with Crippen molar-refractivity contribution >= 4 is 6.03 Å². The fraction of sp³-hybridized carbons (Fsp3) is 0.333. The van der Waals surface area contributed by atoms with Crippen molar-refractivity contribution < 1.29 is 14.7 Å². The first kappa shape index (κ1) is 13.3. The molecular formula is C15H16N4O3. The van der Waals surface area contributed by atoms with Crippen LogP contribution >= 0.6 is 0 Å². The van der Waals surface area contributed by atoms with Gasteiger partial charge < -0.3 is 10.0 Å². The minimum absolute atomic E-state index is 0.127. The lowest BCUT2D eigenvalue weighted by atomic mass is 9.99. The maximum atomic E-state index is 12.5. The summed E-state index contributed by atoms with van der Waals surface area (Å²) in [5.74, 6) is 0. The highest BCUT2D eigenvalue weighted by molar-refractivity contribution is 5.78. The van der Waals surface area contributed by atoms with Crippen LogP contribution in [0.5, 0.6) is 0 Å². The lowest BCUT2D eigenvalue weighted by Crippen LogP contribution is -2.35. The van der Waals surface area contributed by atoms with Gasteiger partial charge in [0.15, 0.2) is 0 Å². The predicted molar refractivity (Wildman–Crippen MR) is 76.3 cm³/mol. The number of urea groups is 1. The normalized spacial score (nSPS) is 23.0. The van der Waals surface area contributed by atoms with Gasteiger partial charge in [-0.05, 0) is 5.56 Å². The average Bonchev–Trinajstić information content (AvgIpc) is 3.13. The molecule has 7 nitrogen and oxygen atoms in total. The van der Waals surface area contributed by atoms with Gasteiger partial charge in [-0.2, -0.15) is 10.2 Å². The van der Waals surface area contributed by atoms with E-state index in [9.17, 15) is 9.90 Å². The number of fused-ring (bicyclic) bond motifs is 4. The lowest BCUT2D eigenvalue weighted by Gasteiger charge is -2.28. The van der Waals surface area contributed by atoms with Crippen molar-refractivity contribution in [1.29, 1.82) is 0 Å². The smallest absolute Gasteiger partial charge is 0.345 e. The third-order valence-corrected chi connectivity index (χ3v) is 4.24. The molecule has 0 spiro atoms. The zero-order valence-corrected chi connectivity index (χ0v) is 11.8. The molecule has 22 heavy (non-hydrogen) atoms. The van der Waals surface area contributed by atoms with Crippen molar-refractivity contribution in [1.82, 2.24) is 20.2 Å². The van der Waals surface area contributed by atoms with Gasteiger partial charge in [0.1, 0.15) is 12.6 Å². The number of carbonyl (C=O) groups excluding carboxylic acids is 1. The molecule has 1 aromatic carbocycles. The van der Waals surface area contributed by atoms with E-state index in [0.717, 1.165) is 16.8 Å². The molecule has 0 aliphatic carbocycles. The quantitative estimate of drug-likeness (QED) is 0.893. The maximum Gasteiger partial charge on any atom is 0.345 e. The van der Waals surface area contributed by atoms with Crippen molar-refractivity contribution in [2.45, 2.75) is 18.7 Å². The molecule has 0 saturated carbocycles. The topological polar surface area (TPSA) is 81.7 Å². The monoisotopic (exact) mass is 300 g/mol. The van der Waals surface area contributed by atoms with Gasteiger partial charge in [-0.3, -0.25) is 9.94 Å². The summed E-state index contributed by atoms with van der Waals surface area (Å²) in [5.41, 5.74) is 2.70. The number of H-pyrrole nitrogens is 1. The number of aliphatic hydroxyl groups excluding tert-OH is 1. The Balaban J connectivity index is 1.59. The molecular weight excluding hydrogens is 284 g/mol. The molecule has 7 heteroatoms. The number of aliphatic hydroxyl groups is 1. The minimum atomic E-state index is -0.358. The van der Waals surface area contributed by atoms with Crippen LogP contribution in [0.2, 0.25) is 0 Å². The van der Waals surface area contributed by atoms with Crippen LogP contribution in [-0.2, 0) is 11.4 Å². The van der Waals surface area contributed by atoms with E-state index < -0.39 is 0 Å². The van der Waals surface area contributed by atoms with E-state index in [1.165, 1.54) is 5.06 Å². The van der Waals surface area contributed by atoms with Crippen LogP contribution in [0.15, 0.2) is 36.5 Å². The van der Waals surface area contributed by atoms with Crippen LogP contribution < -0.4 is 0 Å². The van der Waals surface area contributed by atoms with Crippen LogP contribution in [0.1, 0.15) is 28.9 Å². The number of hydrogen-bond acceptors (Lipinski definition) is 4. The van der Waals surface area contributed by atoms with E-state index in [2.05, 4.69) is 10.2 Å². The Kier molecular flexibility index (Phi) is 3.09. The molecule has 2 amide bonds. The number of hydrogen-bond donors (Lipinski definition) is 2. The van der Waals surface area contributed by atoms with Crippen LogP contribution in [0, 0.1) is 0 Å². The first-order valence-electron chi connectivity index (χ1n) is 7.20. The minimum Gasteiger partial charge on any atom is -0.394 e. The van der Waals surface area contributed by atoms with Gasteiger partial charge in [-0.15, -0.1) is 0 Å². The fourth-order valence-corrected chi connectivity index (χ4v) is 3.13. The SMILES string of the molecule is O=C1N2C[C@H](c3[nH]ncc3[C@@H]2CO)N1OCc1ccccc1. The number of rotatable bonds is 4. The van der Waals surface area contributed by atoms with E-state index in [-0.39, 0.29) is 24.7 Å². The summed E-state index contributed by atoms with van der Waals surface area (Å²) in [5, 5.41) is 18.0. The van der Waals surface area contributed by atoms with Crippen molar-refractivity contribution in [3.8, 4) is 0 Å². The van der Waals surface area contributed by atoms with E-state index >= 15 is 0 Å². The molecule has 2 aliphatic heterocycles. The highest BCUT2D eigenvalue weighted by Gasteiger charge is 2.49. The molecule has 4 rings (SSSR count). The molecule has 114 valence electrons. The maximum absolute atomic E-state index is 12.5. The lowest BCUT2D eigenvalue weighted by molar-refractivity contribution is -0.142. The van der Waals surface area contributed by atoms with Crippen molar-refractivity contribution in [2.24, 2.45) is 0 Å². The molecule has 1 saturated heterocycles. The number of hydroxylamine groups is 2. The molecule has 1 fully saturated rings.